The van der Waals surface area contributed by atoms with Gasteiger partial charge in [-0.1, -0.05) is 13.2 Å². The predicted molar refractivity (Wildman–Crippen MR) is 27.4 cm³/mol. The second-order valence-electron chi connectivity index (χ2n) is 1.37. The summed E-state index contributed by atoms with van der Waals surface area (Å²) in [6.07, 6.45) is 0. The Morgan fingerprint density at radius 3 is 2.43 bits per heavy atom. The minimum atomic E-state index is 0.525. The van der Waals surface area contributed by atoms with Crippen LogP contribution in [0, 0.1) is 0 Å². The van der Waals surface area contributed by atoms with E-state index >= 15 is 0 Å². The van der Waals surface area contributed by atoms with Gasteiger partial charge in [0, 0.05) is 0 Å². The normalized spacial score (nSPS) is 18.9. The Morgan fingerprint density at radius 2 is 2.29 bits per heavy atom. The zero-order valence-electron chi connectivity index (χ0n) is 4.03. The van der Waals surface area contributed by atoms with Gasteiger partial charge in [0.1, 0.15) is 5.76 Å². The molecule has 1 fully saturated rings. The largest absolute Gasteiger partial charge is 0.472 e. The molecule has 1 aliphatic rings. The second kappa shape index (κ2) is 1.30. The van der Waals surface area contributed by atoms with Crippen molar-refractivity contribution in [3.05, 3.63) is 24.6 Å². The van der Waals surface area contributed by atoms with Crippen molar-refractivity contribution >= 4 is 0 Å². The molecule has 0 radical (unpaired) electrons. The first-order chi connectivity index (χ1) is 3.30. The van der Waals surface area contributed by atoms with Gasteiger partial charge in [0.05, 0.1) is 5.70 Å². The quantitative estimate of drug-likeness (QED) is 0.477. The molecule has 0 spiro atoms. The molecule has 0 aliphatic carbocycles. The zero-order chi connectivity index (χ0) is 5.28. The van der Waals surface area contributed by atoms with Crippen LogP contribution < -0.4 is 5.32 Å². The molecule has 0 bridgehead atoms. The van der Waals surface area contributed by atoms with Crippen LogP contribution >= 0.6 is 0 Å². The minimum Gasteiger partial charge on any atom is -0.472 e. The van der Waals surface area contributed by atoms with Crippen molar-refractivity contribution in [3.63, 3.8) is 0 Å². The Morgan fingerprint density at radius 1 is 1.57 bits per heavy atom. The summed E-state index contributed by atoms with van der Waals surface area (Å²) in [6, 6.07) is 0. The summed E-state index contributed by atoms with van der Waals surface area (Å²) in [5.74, 6) is 0.653. The summed E-state index contributed by atoms with van der Waals surface area (Å²) in [7, 11) is 0. The van der Waals surface area contributed by atoms with Gasteiger partial charge in [0.2, 0.25) is 0 Å². The van der Waals surface area contributed by atoms with E-state index in [0.29, 0.717) is 12.5 Å². The predicted octanol–water partition coefficient (Wildman–Crippen LogP) is 0.591. The summed E-state index contributed by atoms with van der Waals surface area (Å²) in [4.78, 5) is 0. The van der Waals surface area contributed by atoms with E-state index in [1.54, 1.807) is 0 Å². The standard InChI is InChI=1S/C5H7NO/c1-4-5(2)7-3-6-4/h6H,1-3H2. The molecule has 0 amide bonds. The molecular formula is C5H7NO. The van der Waals surface area contributed by atoms with Crippen molar-refractivity contribution < 1.29 is 4.74 Å². The van der Waals surface area contributed by atoms with E-state index in [9.17, 15) is 0 Å². The third-order valence-corrected chi connectivity index (χ3v) is 0.869. The fourth-order valence-electron chi connectivity index (χ4n) is 0.396. The minimum absolute atomic E-state index is 0.525. The first kappa shape index (κ1) is 4.24. The van der Waals surface area contributed by atoms with Crippen molar-refractivity contribution in [3.8, 4) is 0 Å². The van der Waals surface area contributed by atoms with E-state index in [4.69, 9.17) is 4.74 Å². The highest BCUT2D eigenvalue weighted by atomic mass is 16.5. The Hall–Kier alpha value is -0.920. The van der Waals surface area contributed by atoms with Gasteiger partial charge in [-0.3, -0.25) is 0 Å². The highest BCUT2D eigenvalue weighted by Gasteiger charge is 2.06. The molecule has 1 rings (SSSR count). The summed E-state index contributed by atoms with van der Waals surface area (Å²) in [6.45, 7) is 7.68. The van der Waals surface area contributed by atoms with Crippen LogP contribution in [0.1, 0.15) is 0 Å². The van der Waals surface area contributed by atoms with Gasteiger partial charge < -0.3 is 10.1 Å². The van der Waals surface area contributed by atoms with Crippen LogP contribution in [0.15, 0.2) is 24.6 Å². The lowest BCUT2D eigenvalue weighted by molar-refractivity contribution is 0.256. The Balaban J connectivity index is 2.65. The van der Waals surface area contributed by atoms with Crippen LogP contribution in [0.25, 0.3) is 0 Å². The van der Waals surface area contributed by atoms with Crippen LogP contribution in [0.5, 0.6) is 0 Å². The number of hydrogen-bond acceptors (Lipinski definition) is 2. The van der Waals surface area contributed by atoms with E-state index in [0.717, 1.165) is 5.70 Å². The summed E-state index contributed by atoms with van der Waals surface area (Å²) < 4.78 is 4.86. The third kappa shape index (κ3) is 0.585. The van der Waals surface area contributed by atoms with Gasteiger partial charge in [0.25, 0.3) is 0 Å². The van der Waals surface area contributed by atoms with Crippen molar-refractivity contribution in [1.29, 1.82) is 0 Å². The number of ether oxygens (including phenoxy) is 1. The number of hydrogen-bond donors (Lipinski definition) is 1. The highest BCUT2D eigenvalue weighted by molar-refractivity contribution is 5.19. The SMILES string of the molecule is C=C1NCOC1=C. The van der Waals surface area contributed by atoms with Gasteiger partial charge >= 0.3 is 0 Å². The van der Waals surface area contributed by atoms with E-state index in [1.807, 2.05) is 0 Å². The first-order valence-electron chi connectivity index (χ1n) is 2.05. The molecule has 0 atom stereocenters. The lowest BCUT2D eigenvalue weighted by Gasteiger charge is -1.87. The third-order valence-electron chi connectivity index (χ3n) is 0.869. The van der Waals surface area contributed by atoms with Crippen LogP contribution in [0.2, 0.25) is 0 Å². The maximum atomic E-state index is 4.86. The van der Waals surface area contributed by atoms with E-state index < -0.39 is 0 Å². The van der Waals surface area contributed by atoms with Crippen molar-refractivity contribution in [2.24, 2.45) is 0 Å². The van der Waals surface area contributed by atoms with Gasteiger partial charge in [0.15, 0.2) is 6.73 Å². The average Bonchev–Trinajstić information content (AvgIpc) is 1.91. The van der Waals surface area contributed by atoms with Gasteiger partial charge in [-0.05, 0) is 0 Å². The van der Waals surface area contributed by atoms with Crippen molar-refractivity contribution in [1.82, 2.24) is 5.32 Å². The topological polar surface area (TPSA) is 21.3 Å². The smallest absolute Gasteiger partial charge is 0.159 e. The maximum absolute atomic E-state index is 4.86. The molecule has 38 valence electrons. The number of rotatable bonds is 0. The summed E-state index contributed by atoms with van der Waals surface area (Å²) >= 11 is 0. The molecule has 0 aromatic carbocycles. The van der Waals surface area contributed by atoms with Gasteiger partial charge in [-0.25, -0.2) is 0 Å². The zero-order valence-corrected chi connectivity index (χ0v) is 4.03. The van der Waals surface area contributed by atoms with E-state index in [-0.39, 0.29) is 0 Å². The molecule has 2 heteroatoms. The Kier molecular flexibility index (Phi) is 0.785. The Labute approximate surface area is 42.5 Å². The molecule has 0 unspecified atom stereocenters. The van der Waals surface area contributed by atoms with Crippen molar-refractivity contribution in [2.45, 2.75) is 0 Å². The lowest BCUT2D eigenvalue weighted by atomic mass is 10.5. The first-order valence-corrected chi connectivity index (χ1v) is 2.05. The molecule has 1 aliphatic heterocycles. The molecule has 1 N–H and O–H groups in total. The molecule has 0 saturated carbocycles. The molecule has 0 aromatic rings. The van der Waals surface area contributed by atoms with Gasteiger partial charge in [-0.2, -0.15) is 0 Å². The van der Waals surface area contributed by atoms with Crippen molar-refractivity contribution in [2.75, 3.05) is 6.73 Å². The Bertz CT molecular complexity index is 103. The summed E-state index contributed by atoms with van der Waals surface area (Å²) in [5, 5.41) is 2.85. The molecule has 7 heavy (non-hydrogen) atoms. The van der Waals surface area contributed by atoms with Crippen LogP contribution in [-0.4, -0.2) is 6.73 Å². The monoisotopic (exact) mass is 97.1 g/mol. The van der Waals surface area contributed by atoms with Crippen LogP contribution in [-0.2, 0) is 4.74 Å². The summed E-state index contributed by atoms with van der Waals surface area (Å²) in [5.41, 5.74) is 0.792. The molecule has 1 heterocycles. The number of nitrogens with one attached hydrogen (secondary N) is 1. The van der Waals surface area contributed by atoms with Gasteiger partial charge in [-0.15, -0.1) is 0 Å². The molecule has 2 nitrogen and oxygen atoms in total. The maximum Gasteiger partial charge on any atom is 0.159 e. The van der Waals surface area contributed by atoms with E-state index in [2.05, 4.69) is 18.5 Å². The molecular weight excluding hydrogens is 90.1 g/mol. The second-order valence-corrected chi connectivity index (χ2v) is 1.37. The molecule has 0 aromatic heterocycles. The lowest BCUT2D eigenvalue weighted by Crippen LogP contribution is -2.01. The average molecular weight is 97.1 g/mol. The van der Waals surface area contributed by atoms with E-state index in [1.165, 1.54) is 0 Å². The molecule has 1 saturated heterocycles. The fraction of sp³-hybridized carbons (Fsp3) is 0.200. The fourth-order valence-corrected chi connectivity index (χ4v) is 0.396. The van der Waals surface area contributed by atoms with Crippen LogP contribution in [0.4, 0.5) is 0 Å². The highest BCUT2D eigenvalue weighted by Crippen LogP contribution is 2.07. The van der Waals surface area contributed by atoms with Crippen LogP contribution in [0.3, 0.4) is 0 Å².